The van der Waals surface area contributed by atoms with Crippen LogP contribution in [0.1, 0.15) is 44.0 Å². The highest BCUT2D eigenvalue weighted by Crippen LogP contribution is 2.30. The fourth-order valence-electron chi connectivity index (χ4n) is 3.41. The Morgan fingerprint density at radius 3 is 2.75 bits per heavy atom. The molecule has 32 heavy (non-hydrogen) atoms. The smallest absolute Gasteiger partial charge is 0.346 e. The number of alkyl halides is 2. The third kappa shape index (κ3) is 4.08. The summed E-state index contributed by atoms with van der Waals surface area (Å²) in [7, 11) is 0. The molecule has 0 aliphatic carbocycles. The molecule has 2 aliphatic heterocycles. The van der Waals surface area contributed by atoms with Crippen LogP contribution in [0.25, 0.3) is 0 Å². The molecule has 0 aromatic heterocycles. The van der Waals surface area contributed by atoms with E-state index in [1.54, 1.807) is 0 Å². The molecule has 0 radical (unpaired) electrons. The zero-order chi connectivity index (χ0) is 27.4. The molecule has 10 heteroatoms. The molecule has 2 unspecified atom stereocenters. The second kappa shape index (κ2) is 8.31. The summed E-state index contributed by atoms with van der Waals surface area (Å²) >= 11 is 5.68. The zero-order valence-electron chi connectivity index (χ0n) is 21.2. The lowest BCUT2D eigenvalue weighted by Crippen LogP contribution is -2.52. The van der Waals surface area contributed by atoms with Crippen LogP contribution in [-0.4, -0.2) is 34.6 Å². The van der Waals surface area contributed by atoms with Gasteiger partial charge in [0.2, 0.25) is 11.8 Å². The lowest BCUT2D eigenvalue weighted by Gasteiger charge is -2.29. The van der Waals surface area contributed by atoms with Crippen molar-refractivity contribution in [1.82, 2.24) is 15.5 Å². The van der Waals surface area contributed by atoms with E-state index in [4.69, 9.17) is 18.5 Å². The predicted octanol–water partition coefficient (Wildman–Crippen LogP) is 2.51. The van der Waals surface area contributed by atoms with Gasteiger partial charge in [0.1, 0.15) is 6.04 Å². The van der Waals surface area contributed by atoms with Crippen LogP contribution in [0, 0.1) is 0 Å². The highest BCUT2D eigenvalue weighted by atomic mass is 35.5. The van der Waals surface area contributed by atoms with E-state index < -0.39 is 65.8 Å². The molecule has 166 valence electrons. The molecule has 2 aromatic rings. The van der Waals surface area contributed by atoms with Crippen molar-refractivity contribution in [2.24, 2.45) is 0 Å². The van der Waals surface area contributed by atoms with Crippen molar-refractivity contribution in [1.29, 1.82) is 0 Å². The van der Waals surface area contributed by atoms with Crippen LogP contribution in [0.5, 0.6) is 0 Å². The number of fused-ring (bicyclic) bond motifs is 1. The van der Waals surface area contributed by atoms with Gasteiger partial charge < -0.3 is 10.2 Å². The van der Waals surface area contributed by atoms with Gasteiger partial charge in [0.15, 0.2) is 2.82 Å². The Labute approximate surface area is 193 Å². The third-order valence-corrected chi connectivity index (χ3v) is 5.29. The van der Waals surface area contributed by atoms with E-state index in [9.17, 15) is 28.0 Å². The minimum atomic E-state index is -4.24. The molecular weight excluding hydrogens is 444 g/mol. The summed E-state index contributed by atoms with van der Waals surface area (Å²) in [5, 5.41) is -0.243. The maximum atomic E-state index is 14.8. The van der Waals surface area contributed by atoms with Gasteiger partial charge in [-0.1, -0.05) is 35.9 Å². The number of benzene rings is 2. The molecule has 2 N–H and O–H groups in total. The van der Waals surface area contributed by atoms with E-state index in [0.717, 1.165) is 47.4 Å². The molecule has 4 amide bonds. The summed E-state index contributed by atoms with van der Waals surface area (Å²) < 4.78 is 69.5. The van der Waals surface area contributed by atoms with Gasteiger partial charge in [-0.25, -0.2) is 0 Å². The molecule has 2 aliphatic rings. The highest BCUT2D eigenvalue weighted by molar-refractivity contribution is 6.30. The van der Waals surface area contributed by atoms with Crippen LogP contribution in [-0.2, 0) is 33.3 Å². The van der Waals surface area contributed by atoms with Gasteiger partial charge in [0.05, 0.1) is 2.74 Å². The fourth-order valence-corrected chi connectivity index (χ4v) is 3.54. The maximum absolute atomic E-state index is 14.8. The van der Waals surface area contributed by atoms with Crippen LogP contribution in [0.4, 0.5) is 8.78 Å². The minimum Gasteiger partial charge on any atom is -0.346 e. The van der Waals surface area contributed by atoms with Crippen molar-refractivity contribution in [3.05, 3.63) is 69.7 Å². The zero-order valence-corrected chi connectivity index (χ0v) is 17.0. The molecule has 2 atom stereocenters. The Hall–Kier alpha value is -3.33. The molecule has 1 fully saturated rings. The number of carbonyl (C=O) groups excluding carboxylic acids is 4. The summed E-state index contributed by atoms with van der Waals surface area (Å²) in [5.74, 6) is -9.01. The maximum Gasteiger partial charge on any atom is 0.349 e. The quantitative estimate of drug-likeness (QED) is 0.662. The van der Waals surface area contributed by atoms with Gasteiger partial charge in [0, 0.05) is 37.0 Å². The molecule has 1 saturated heterocycles. The number of hydrogen-bond acceptors (Lipinski definition) is 4. The first-order valence-electron chi connectivity index (χ1n) is 11.8. The normalized spacial score (nSPS) is 23.7. The molecule has 0 spiro atoms. The molecule has 0 bridgehead atoms. The van der Waals surface area contributed by atoms with E-state index >= 15 is 0 Å². The van der Waals surface area contributed by atoms with E-state index in [2.05, 4.69) is 0 Å². The Kier molecular flexibility index (Phi) is 4.24. The molecule has 7 nitrogen and oxygen atoms in total. The standard InChI is InChI=1S/C22H18ClF2N3O4/c23-15-4-2-14(3-5-15)22(24,25)21(32)26-10-12-1-6-16-13(9-12)11-28(20(16)31)17-7-8-18(29)27-19(17)30/h1-6,9,17H,7-8,10-11H2,(H,26,32)(H,27,29,30)/i7D,10D2/hD2. The Morgan fingerprint density at radius 1 is 1.31 bits per heavy atom. The molecular formula is C22H18ClF2N3O4. The Morgan fingerprint density at radius 2 is 2.03 bits per heavy atom. The van der Waals surface area contributed by atoms with E-state index in [0.29, 0.717) is 0 Å². The summed E-state index contributed by atoms with van der Waals surface area (Å²) in [6, 6.07) is 5.92. The number of nitrogens with one attached hydrogen (secondary N) is 2. The second-order valence-electron chi connectivity index (χ2n) is 7.14. The molecule has 2 heterocycles. The summed E-state index contributed by atoms with van der Waals surface area (Å²) in [6.45, 7) is -3.35. The van der Waals surface area contributed by atoms with Gasteiger partial charge in [-0.15, -0.1) is 0 Å². The number of imide groups is 1. The summed E-state index contributed by atoms with van der Waals surface area (Å²) in [6.07, 6.45) is -1.77. The molecule has 4 rings (SSSR count). The Bertz CT molecular complexity index is 1310. The number of carbonyl (C=O) groups is 4. The van der Waals surface area contributed by atoms with Crippen molar-refractivity contribution < 1.29 is 34.9 Å². The number of halogens is 3. The number of amides is 4. The average Bonchev–Trinajstić information content (AvgIpc) is 3.17. The first kappa shape index (κ1) is 16.3. The van der Waals surface area contributed by atoms with Gasteiger partial charge in [-0.3, -0.25) is 24.5 Å². The number of hydrogen-bond donors (Lipinski definition) is 2. The van der Waals surface area contributed by atoms with Gasteiger partial charge in [-0.05, 0) is 35.7 Å². The summed E-state index contributed by atoms with van der Waals surface area (Å²) in [5.41, 5.74) is -0.979. The molecule has 2 aromatic carbocycles. The first-order chi connectivity index (χ1) is 17.2. The van der Waals surface area contributed by atoms with E-state index in [1.165, 1.54) is 0 Å². The van der Waals surface area contributed by atoms with Gasteiger partial charge >= 0.3 is 5.92 Å². The topological polar surface area (TPSA) is 95.6 Å². The second-order valence-corrected chi connectivity index (χ2v) is 7.58. The lowest BCUT2D eigenvalue weighted by atomic mass is 10.0. The van der Waals surface area contributed by atoms with E-state index in [-0.39, 0.29) is 33.6 Å². The van der Waals surface area contributed by atoms with Gasteiger partial charge in [0.25, 0.3) is 11.8 Å². The van der Waals surface area contributed by atoms with Crippen LogP contribution in [0.3, 0.4) is 0 Å². The van der Waals surface area contributed by atoms with Crippen LogP contribution in [0.15, 0.2) is 42.5 Å². The van der Waals surface area contributed by atoms with Crippen LogP contribution in [0.2, 0.25) is 7.85 Å². The fraction of sp³-hybridized carbons (Fsp3) is 0.273. The number of piperidine rings is 1. The lowest BCUT2D eigenvalue weighted by molar-refractivity contribution is -0.147. The van der Waals surface area contributed by atoms with Crippen molar-refractivity contribution in [3.63, 3.8) is 0 Å². The number of rotatable bonds is 5. The average molecular weight is 467 g/mol. The van der Waals surface area contributed by atoms with Crippen molar-refractivity contribution in [2.45, 2.75) is 37.8 Å². The van der Waals surface area contributed by atoms with Crippen molar-refractivity contribution >= 4 is 35.2 Å². The largest absolute Gasteiger partial charge is 0.349 e. The SMILES string of the molecule is [2H]C1CC(=O)N([2H])C(=O)C1N1Cc2cc(C([2H])([2H])N([2H])C(=O)C(F)(F)c3ccc(Cl)cc3)ccc2C1=O. The van der Waals surface area contributed by atoms with Crippen molar-refractivity contribution in [3.8, 4) is 0 Å². The third-order valence-electron chi connectivity index (χ3n) is 5.04. The predicted molar refractivity (Wildman–Crippen MR) is 110 cm³/mol. The first-order valence-corrected chi connectivity index (χ1v) is 9.75. The minimum absolute atomic E-state index is 0.0299. The van der Waals surface area contributed by atoms with Crippen LogP contribution >= 0.6 is 11.6 Å². The van der Waals surface area contributed by atoms with E-state index in [1.807, 2.05) is 0 Å². The van der Waals surface area contributed by atoms with Gasteiger partial charge in [-0.2, -0.15) is 8.78 Å². The van der Waals surface area contributed by atoms with Crippen molar-refractivity contribution in [2.75, 3.05) is 0 Å². The summed E-state index contributed by atoms with van der Waals surface area (Å²) in [4.78, 5) is 50.5. The monoisotopic (exact) mass is 466 g/mol. The Balaban J connectivity index is 1.60. The van der Waals surface area contributed by atoms with Crippen LogP contribution < -0.4 is 10.6 Å². The number of nitrogens with zero attached hydrogens (tertiary/aromatic N) is 1. The highest BCUT2D eigenvalue weighted by Gasteiger charge is 2.41. The molecule has 0 saturated carbocycles.